The molecule has 12 heteroatoms. The summed E-state index contributed by atoms with van der Waals surface area (Å²) in [5.74, 6) is -0.116. The first-order chi connectivity index (χ1) is 15.7. The second-order valence-corrected chi connectivity index (χ2v) is 8.86. The van der Waals surface area contributed by atoms with Crippen LogP contribution in [0.1, 0.15) is 23.0 Å². The molecule has 2 atom stereocenters. The Morgan fingerprint density at radius 2 is 2.24 bits per heavy atom. The molecule has 7 nitrogen and oxygen atoms in total. The van der Waals surface area contributed by atoms with Crippen LogP contribution in [0.5, 0.6) is 0 Å². The second kappa shape index (κ2) is 9.26. The molecule has 2 aromatic rings. The number of allylic oxidation sites excluding steroid dienone is 1. The highest BCUT2D eigenvalue weighted by molar-refractivity contribution is 7.11. The lowest BCUT2D eigenvalue weighted by Gasteiger charge is -2.33. The smallest absolute Gasteiger partial charge is 0.331 e. The van der Waals surface area contributed by atoms with E-state index >= 15 is 0 Å². The van der Waals surface area contributed by atoms with E-state index in [4.69, 9.17) is 22.3 Å². The Labute approximate surface area is 196 Å². The van der Waals surface area contributed by atoms with E-state index in [0.717, 1.165) is 12.3 Å². The van der Waals surface area contributed by atoms with Crippen LogP contribution in [0.4, 0.5) is 13.2 Å². The van der Waals surface area contributed by atoms with E-state index in [1.807, 2.05) is 0 Å². The number of aliphatic hydroxyl groups is 2. The molecule has 0 spiro atoms. The molecule has 0 bridgehead atoms. The SMILES string of the molecule is NC(=CC=NC(F)F)C1=C2C[C@@](O)(CO)CN2C(c2nccs2)=N[C@H]1c1ccc(F)cc1Cl. The standard InChI is InChI=1S/C21H19ClF3N5O2S/c22-13-7-11(23)1-2-12(13)17-16(14(26)3-4-28-20(24)25)15-8-21(32,10-31)9-30(15)18(29-17)19-27-5-6-33-19/h1-7,17,20,31-32H,8-10,26H2/t17-,21-/m0/s1. The van der Waals surface area contributed by atoms with Crippen LogP contribution < -0.4 is 5.73 Å². The number of halogens is 4. The van der Waals surface area contributed by atoms with Crippen molar-refractivity contribution in [3.05, 3.63) is 74.2 Å². The third-order valence-electron chi connectivity index (χ3n) is 5.31. The van der Waals surface area contributed by atoms with Crippen LogP contribution in [0, 0.1) is 5.82 Å². The number of aliphatic imine (C=N–C) groups is 2. The molecule has 1 aromatic heterocycles. The van der Waals surface area contributed by atoms with Crippen molar-refractivity contribution >= 4 is 35.0 Å². The molecular weight excluding hydrogens is 479 g/mol. The number of aliphatic hydroxyl groups excluding tert-OH is 1. The van der Waals surface area contributed by atoms with Crippen LogP contribution in [0.25, 0.3) is 0 Å². The molecule has 1 aromatic carbocycles. The topological polar surface area (TPSA) is 107 Å². The molecule has 33 heavy (non-hydrogen) atoms. The van der Waals surface area contributed by atoms with E-state index in [-0.39, 0.29) is 23.7 Å². The van der Waals surface area contributed by atoms with Crippen LogP contribution in [-0.4, -0.2) is 57.4 Å². The van der Waals surface area contributed by atoms with Gasteiger partial charge in [-0.3, -0.25) is 4.99 Å². The fraction of sp³-hybridized carbons (Fsp3) is 0.286. The number of rotatable bonds is 6. The summed E-state index contributed by atoms with van der Waals surface area (Å²) in [5.41, 5.74) is 6.20. The number of aromatic nitrogens is 1. The van der Waals surface area contributed by atoms with E-state index in [0.29, 0.717) is 27.7 Å². The number of hydrogen-bond acceptors (Lipinski definition) is 8. The average Bonchev–Trinajstić information content (AvgIpc) is 3.40. The highest BCUT2D eigenvalue weighted by atomic mass is 35.5. The molecule has 4 N–H and O–H groups in total. The van der Waals surface area contributed by atoms with Crippen molar-refractivity contribution in [3.63, 3.8) is 0 Å². The number of alkyl halides is 2. The molecule has 2 aliphatic rings. The molecule has 0 aliphatic carbocycles. The van der Waals surface area contributed by atoms with Gasteiger partial charge >= 0.3 is 6.55 Å². The quantitative estimate of drug-likeness (QED) is 0.419. The minimum absolute atomic E-state index is 0.0130. The van der Waals surface area contributed by atoms with E-state index in [1.54, 1.807) is 16.5 Å². The Hall–Kier alpha value is -2.73. The molecule has 1 saturated heterocycles. The van der Waals surface area contributed by atoms with Crippen molar-refractivity contribution in [1.29, 1.82) is 0 Å². The Morgan fingerprint density at radius 1 is 1.45 bits per heavy atom. The predicted octanol–water partition coefficient (Wildman–Crippen LogP) is 3.26. The van der Waals surface area contributed by atoms with Gasteiger partial charge in [0.05, 0.1) is 13.2 Å². The van der Waals surface area contributed by atoms with Crippen molar-refractivity contribution in [2.45, 2.75) is 24.6 Å². The summed E-state index contributed by atoms with van der Waals surface area (Å²) in [7, 11) is 0. The van der Waals surface area contributed by atoms with Gasteiger partial charge in [0.15, 0.2) is 10.8 Å². The highest BCUT2D eigenvalue weighted by Crippen LogP contribution is 2.45. The molecule has 2 aliphatic heterocycles. The first-order valence-electron chi connectivity index (χ1n) is 9.76. The number of fused-ring (bicyclic) bond motifs is 1. The number of nitrogens with two attached hydrogens (primary N) is 1. The maximum Gasteiger partial charge on any atom is 0.331 e. The zero-order valence-corrected chi connectivity index (χ0v) is 18.6. The molecule has 0 radical (unpaired) electrons. The first-order valence-corrected chi connectivity index (χ1v) is 11.0. The van der Waals surface area contributed by atoms with E-state index in [9.17, 15) is 23.4 Å². The molecule has 0 unspecified atom stereocenters. The Kier molecular flexibility index (Phi) is 6.57. The lowest BCUT2D eigenvalue weighted by atomic mass is 9.91. The third-order valence-corrected chi connectivity index (χ3v) is 6.40. The van der Waals surface area contributed by atoms with Gasteiger partial charge in [-0.2, -0.15) is 8.78 Å². The van der Waals surface area contributed by atoms with Gasteiger partial charge in [0.1, 0.15) is 17.5 Å². The van der Waals surface area contributed by atoms with Gasteiger partial charge in [0.25, 0.3) is 0 Å². The lowest BCUT2D eigenvalue weighted by Crippen LogP contribution is -2.40. The highest BCUT2D eigenvalue weighted by Gasteiger charge is 2.46. The predicted molar refractivity (Wildman–Crippen MR) is 120 cm³/mol. The molecule has 0 saturated carbocycles. The number of hydrogen-bond donors (Lipinski definition) is 3. The van der Waals surface area contributed by atoms with Crippen molar-refractivity contribution in [2.75, 3.05) is 13.2 Å². The molecule has 3 heterocycles. The molecule has 4 rings (SSSR count). The van der Waals surface area contributed by atoms with Gasteiger partial charge in [-0.05, 0) is 18.2 Å². The zero-order valence-electron chi connectivity index (χ0n) is 17.0. The van der Waals surface area contributed by atoms with Gasteiger partial charge in [-0.15, -0.1) is 11.3 Å². The van der Waals surface area contributed by atoms with Crippen LogP contribution >= 0.6 is 22.9 Å². The number of thiazole rings is 1. The molecular formula is C21H19ClF3N5O2S. The van der Waals surface area contributed by atoms with Gasteiger partial charge in [0.2, 0.25) is 0 Å². The summed E-state index contributed by atoms with van der Waals surface area (Å²) < 4.78 is 38.7. The minimum atomic E-state index is -2.91. The average molecular weight is 498 g/mol. The van der Waals surface area contributed by atoms with Gasteiger partial charge in [-0.25, -0.2) is 14.4 Å². The van der Waals surface area contributed by atoms with Crippen molar-refractivity contribution in [2.24, 2.45) is 15.7 Å². The maximum absolute atomic E-state index is 13.7. The zero-order chi connectivity index (χ0) is 23.8. The summed E-state index contributed by atoms with van der Waals surface area (Å²) in [6, 6.07) is 2.99. The Bertz CT molecular complexity index is 1170. The van der Waals surface area contributed by atoms with E-state index in [1.165, 1.54) is 29.5 Å². The first kappa shape index (κ1) is 23.4. The number of benzene rings is 1. The monoisotopic (exact) mass is 497 g/mol. The second-order valence-electron chi connectivity index (χ2n) is 7.56. The van der Waals surface area contributed by atoms with Crippen LogP contribution in [-0.2, 0) is 0 Å². The normalized spacial score (nSPS) is 23.6. The number of amidine groups is 1. The summed E-state index contributed by atoms with van der Waals surface area (Å²) >= 11 is 7.67. The summed E-state index contributed by atoms with van der Waals surface area (Å²) in [4.78, 5) is 13.8. The lowest BCUT2D eigenvalue weighted by molar-refractivity contribution is -0.000764. The van der Waals surface area contributed by atoms with Crippen LogP contribution in [0.3, 0.4) is 0 Å². The fourth-order valence-corrected chi connectivity index (χ4v) is 4.78. The fourth-order valence-electron chi connectivity index (χ4n) is 3.87. The maximum atomic E-state index is 13.7. The van der Waals surface area contributed by atoms with Gasteiger partial charge in [0, 0.05) is 51.8 Å². The third kappa shape index (κ3) is 4.67. The van der Waals surface area contributed by atoms with E-state index in [2.05, 4.69) is 9.98 Å². The van der Waals surface area contributed by atoms with Crippen LogP contribution in [0.15, 0.2) is 62.8 Å². The van der Waals surface area contributed by atoms with Gasteiger partial charge in [-0.1, -0.05) is 17.7 Å². The van der Waals surface area contributed by atoms with Crippen molar-refractivity contribution in [1.82, 2.24) is 9.88 Å². The Balaban J connectivity index is 1.93. The van der Waals surface area contributed by atoms with Gasteiger partial charge < -0.3 is 20.8 Å². The largest absolute Gasteiger partial charge is 0.398 e. The number of nitrogens with zero attached hydrogens (tertiary/aromatic N) is 4. The Morgan fingerprint density at radius 3 is 2.88 bits per heavy atom. The summed E-state index contributed by atoms with van der Waals surface area (Å²) in [6.45, 7) is -3.41. The van der Waals surface area contributed by atoms with Crippen molar-refractivity contribution in [3.8, 4) is 0 Å². The molecule has 174 valence electrons. The van der Waals surface area contributed by atoms with E-state index < -0.39 is 30.6 Å². The minimum Gasteiger partial charge on any atom is -0.398 e. The van der Waals surface area contributed by atoms with Crippen LogP contribution in [0.2, 0.25) is 5.02 Å². The summed E-state index contributed by atoms with van der Waals surface area (Å²) in [5, 5.41) is 23.1. The summed E-state index contributed by atoms with van der Waals surface area (Å²) in [6.07, 6.45) is 3.70. The van der Waals surface area contributed by atoms with Crippen molar-refractivity contribution < 1.29 is 23.4 Å². The molecule has 0 amide bonds. The molecule has 1 fully saturated rings.